The van der Waals surface area contributed by atoms with E-state index in [-0.39, 0.29) is 5.75 Å². The van der Waals surface area contributed by atoms with Crippen LogP contribution in [0.3, 0.4) is 0 Å². The molecule has 19 heavy (non-hydrogen) atoms. The third-order valence-corrected chi connectivity index (χ3v) is 3.40. The summed E-state index contributed by atoms with van der Waals surface area (Å²) in [5.74, 6) is 5.90. The summed E-state index contributed by atoms with van der Waals surface area (Å²) in [6.07, 6.45) is 1.18. The molecule has 0 heterocycles. The number of phenolic OH excluding ortho intramolecular Hbond substituents is 1. The molecule has 1 atom stereocenters. The standard InChI is InChI=1S/C16H14O2S/c1-19-15-9-2-12(3-10-15)4-11-16(18)13-5-7-14(17)8-6-13/h2-3,5-10,16-18H,1H3/t16-/m0/s1. The quantitative estimate of drug-likeness (QED) is 0.650. The Bertz CT molecular complexity index is 591. The molecule has 0 saturated carbocycles. The first-order valence-corrected chi connectivity index (χ1v) is 7.04. The van der Waals surface area contributed by atoms with Crippen molar-refractivity contribution in [2.45, 2.75) is 11.0 Å². The highest BCUT2D eigenvalue weighted by Crippen LogP contribution is 2.17. The topological polar surface area (TPSA) is 40.5 Å². The fraction of sp³-hybridized carbons (Fsp3) is 0.125. The molecule has 2 aromatic rings. The molecule has 2 aromatic carbocycles. The minimum absolute atomic E-state index is 0.177. The molecule has 0 saturated heterocycles. The molecule has 0 fully saturated rings. The van der Waals surface area contributed by atoms with Crippen LogP contribution in [-0.4, -0.2) is 16.5 Å². The van der Waals surface area contributed by atoms with Crippen LogP contribution in [0.2, 0.25) is 0 Å². The van der Waals surface area contributed by atoms with Crippen LogP contribution in [0, 0.1) is 11.8 Å². The van der Waals surface area contributed by atoms with Gasteiger partial charge in [0.15, 0.2) is 0 Å². The van der Waals surface area contributed by atoms with Crippen molar-refractivity contribution in [3.05, 3.63) is 59.7 Å². The fourth-order valence-electron chi connectivity index (χ4n) is 1.57. The Morgan fingerprint density at radius 2 is 1.63 bits per heavy atom. The number of aliphatic hydroxyl groups excluding tert-OH is 1. The highest BCUT2D eigenvalue weighted by atomic mass is 32.2. The number of aliphatic hydroxyl groups is 1. The molecule has 2 nitrogen and oxygen atoms in total. The van der Waals surface area contributed by atoms with Crippen LogP contribution < -0.4 is 0 Å². The number of hydrogen-bond acceptors (Lipinski definition) is 3. The predicted octanol–water partition coefficient (Wildman–Crippen LogP) is 3.20. The zero-order chi connectivity index (χ0) is 13.7. The molecule has 0 aliphatic carbocycles. The average Bonchev–Trinajstić information content (AvgIpc) is 2.46. The molecule has 0 bridgehead atoms. The van der Waals surface area contributed by atoms with E-state index in [0.29, 0.717) is 5.56 Å². The molecule has 2 N–H and O–H groups in total. The summed E-state index contributed by atoms with van der Waals surface area (Å²) in [6, 6.07) is 14.3. The Labute approximate surface area is 117 Å². The van der Waals surface area contributed by atoms with Gasteiger partial charge in [0.2, 0.25) is 0 Å². The second kappa shape index (κ2) is 6.33. The Morgan fingerprint density at radius 1 is 1.00 bits per heavy atom. The van der Waals surface area contributed by atoms with Crippen molar-refractivity contribution >= 4 is 11.8 Å². The highest BCUT2D eigenvalue weighted by molar-refractivity contribution is 7.98. The Balaban J connectivity index is 2.11. The van der Waals surface area contributed by atoms with E-state index >= 15 is 0 Å². The van der Waals surface area contributed by atoms with Gasteiger partial charge in [-0.1, -0.05) is 24.0 Å². The lowest BCUT2D eigenvalue weighted by Crippen LogP contribution is -1.92. The van der Waals surface area contributed by atoms with Crippen molar-refractivity contribution in [1.29, 1.82) is 0 Å². The van der Waals surface area contributed by atoms with Crippen molar-refractivity contribution in [1.82, 2.24) is 0 Å². The van der Waals surface area contributed by atoms with Gasteiger partial charge in [0.25, 0.3) is 0 Å². The van der Waals surface area contributed by atoms with Crippen LogP contribution in [0.25, 0.3) is 0 Å². The van der Waals surface area contributed by atoms with Gasteiger partial charge in [-0.25, -0.2) is 0 Å². The number of thioether (sulfide) groups is 1. The first kappa shape index (κ1) is 13.5. The van der Waals surface area contributed by atoms with E-state index in [0.717, 1.165) is 5.56 Å². The summed E-state index contributed by atoms with van der Waals surface area (Å²) in [5.41, 5.74) is 1.54. The van der Waals surface area contributed by atoms with E-state index in [2.05, 4.69) is 11.8 Å². The summed E-state index contributed by atoms with van der Waals surface area (Å²) >= 11 is 1.68. The first-order chi connectivity index (χ1) is 9.19. The number of aromatic hydroxyl groups is 1. The van der Waals surface area contributed by atoms with Gasteiger partial charge in [-0.15, -0.1) is 11.8 Å². The molecule has 0 unspecified atom stereocenters. The molecule has 2 rings (SSSR count). The van der Waals surface area contributed by atoms with E-state index in [1.54, 1.807) is 23.9 Å². The van der Waals surface area contributed by atoms with Crippen LogP contribution in [0.5, 0.6) is 5.75 Å². The zero-order valence-electron chi connectivity index (χ0n) is 10.5. The zero-order valence-corrected chi connectivity index (χ0v) is 11.3. The van der Waals surface area contributed by atoms with E-state index < -0.39 is 6.10 Å². The summed E-state index contributed by atoms with van der Waals surface area (Å²) in [6.45, 7) is 0. The van der Waals surface area contributed by atoms with E-state index in [4.69, 9.17) is 0 Å². The van der Waals surface area contributed by atoms with Crippen molar-refractivity contribution in [2.24, 2.45) is 0 Å². The highest BCUT2D eigenvalue weighted by Gasteiger charge is 2.02. The summed E-state index contributed by atoms with van der Waals surface area (Å²) < 4.78 is 0. The number of phenols is 1. The normalized spacial score (nSPS) is 11.5. The Kier molecular flexibility index (Phi) is 4.51. The van der Waals surface area contributed by atoms with Crippen LogP contribution in [0.1, 0.15) is 17.2 Å². The second-order valence-electron chi connectivity index (χ2n) is 3.99. The smallest absolute Gasteiger partial charge is 0.140 e. The third kappa shape index (κ3) is 3.78. The molecule has 0 amide bonds. The summed E-state index contributed by atoms with van der Waals surface area (Å²) in [5, 5.41) is 19.1. The van der Waals surface area contributed by atoms with Gasteiger partial charge in [0.1, 0.15) is 11.9 Å². The molecular weight excluding hydrogens is 256 g/mol. The van der Waals surface area contributed by atoms with E-state index in [9.17, 15) is 10.2 Å². The van der Waals surface area contributed by atoms with Crippen LogP contribution in [-0.2, 0) is 0 Å². The van der Waals surface area contributed by atoms with Gasteiger partial charge in [0.05, 0.1) is 0 Å². The molecule has 0 aliphatic heterocycles. The lowest BCUT2D eigenvalue weighted by atomic mass is 10.1. The molecule has 3 heteroatoms. The number of rotatable bonds is 2. The third-order valence-electron chi connectivity index (χ3n) is 2.65. The molecule has 0 spiro atoms. The lowest BCUT2D eigenvalue weighted by molar-refractivity contribution is 0.238. The van der Waals surface area contributed by atoms with E-state index in [1.807, 2.05) is 30.5 Å². The number of benzene rings is 2. The number of hydrogen-bond donors (Lipinski definition) is 2. The van der Waals surface area contributed by atoms with Crippen molar-refractivity contribution in [3.63, 3.8) is 0 Å². The summed E-state index contributed by atoms with van der Waals surface area (Å²) in [4.78, 5) is 1.18. The van der Waals surface area contributed by atoms with Crippen LogP contribution in [0.15, 0.2) is 53.4 Å². The van der Waals surface area contributed by atoms with Gasteiger partial charge in [-0.2, -0.15) is 0 Å². The minimum Gasteiger partial charge on any atom is -0.508 e. The van der Waals surface area contributed by atoms with Crippen molar-refractivity contribution in [2.75, 3.05) is 6.26 Å². The molecule has 0 radical (unpaired) electrons. The largest absolute Gasteiger partial charge is 0.508 e. The minimum atomic E-state index is -0.846. The predicted molar refractivity (Wildman–Crippen MR) is 78.2 cm³/mol. The van der Waals surface area contributed by atoms with Crippen LogP contribution in [0.4, 0.5) is 0 Å². The second-order valence-corrected chi connectivity index (χ2v) is 4.87. The SMILES string of the molecule is CSc1ccc(C#C[C@H](O)c2ccc(O)cc2)cc1. The van der Waals surface area contributed by atoms with Gasteiger partial charge in [-0.05, 0) is 48.2 Å². The Hall–Kier alpha value is -1.89. The van der Waals surface area contributed by atoms with Crippen molar-refractivity contribution < 1.29 is 10.2 Å². The van der Waals surface area contributed by atoms with Gasteiger partial charge in [0, 0.05) is 10.5 Å². The van der Waals surface area contributed by atoms with Crippen molar-refractivity contribution in [3.8, 4) is 17.6 Å². The molecule has 0 aromatic heterocycles. The average molecular weight is 270 g/mol. The van der Waals surface area contributed by atoms with Gasteiger partial charge < -0.3 is 10.2 Å². The van der Waals surface area contributed by atoms with E-state index in [1.165, 1.54) is 17.0 Å². The molecular formula is C16H14O2S. The molecule has 96 valence electrons. The fourth-order valence-corrected chi connectivity index (χ4v) is 1.97. The monoisotopic (exact) mass is 270 g/mol. The van der Waals surface area contributed by atoms with Gasteiger partial charge >= 0.3 is 0 Å². The molecule has 0 aliphatic rings. The van der Waals surface area contributed by atoms with Crippen LogP contribution >= 0.6 is 11.8 Å². The summed E-state index contributed by atoms with van der Waals surface area (Å²) in [7, 11) is 0. The maximum atomic E-state index is 9.91. The maximum Gasteiger partial charge on any atom is 0.140 e. The van der Waals surface area contributed by atoms with Gasteiger partial charge in [-0.3, -0.25) is 0 Å². The lowest BCUT2D eigenvalue weighted by Gasteiger charge is -2.03. The first-order valence-electron chi connectivity index (χ1n) is 5.81. The Morgan fingerprint density at radius 3 is 2.21 bits per heavy atom. The maximum absolute atomic E-state index is 9.91.